The number of fused-ring (bicyclic) bond motifs is 1. The monoisotopic (exact) mass is 286 g/mol. The molecule has 8 nitrogen and oxygen atoms in total. The third-order valence-corrected chi connectivity index (χ3v) is 3.16. The first-order valence-corrected chi connectivity index (χ1v) is 6.05. The van der Waals surface area contributed by atoms with Gasteiger partial charge in [-0.2, -0.15) is 5.10 Å². The minimum absolute atomic E-state index is 0.0345. The Morgan fingerprint density at radius 3 is 2.57 bits per heavy atom. The summed E-state index contributed by atoms with van der Waals surface area (Å²) in [6, 6.07) is 3.86. The van der Waals surface area contributed by atoms with Crippen LogP contribution in [0.4, 0.5) is 0 Å². The number of carboxylic acids is 1. The first-order chi connectivity index (χ1) is 9.97. The lowest BCUT2D eigenvalue weighted by Crippen LogP contribution is -2.29. The smallest absolute Gasteiger partial charge is 0.335 e. The molecular formula is C13H10N4O4. The van der Waals surface area contributed by atoms with E-state index in [1.54, 1.807) is 7.05 Å². The van der Waals surface area contributed by atoms with Crippen LogP contribution in [0.1, 0.15) is 36.9 Å². The van der Waals surface area contributed by atoms with E-state index in [0.717, 1.165) is 4.90 Å². The SMILES string of the molecule is Cn1cnc(CN2C(=O)c3ccc(C(=O)O)cc3C2=O)n1. The molecule has 1 aliphatic heterocycles. The van der Waals surface area contributed by atoms with Crippen LogP contribution in [0, 0.1) is 0 Å². The third-order valence-electron chi connectivity index (χ3n) is 3.16. The maximum absolute atomic E-state index is 12.2. The minimum Gasteiger partial charge on any atom is -0.478 e. The van der Waals surface area contributed by atoms with Crippen LogP contribution in [0.15, 0.2) is 24.5 Å². The van der Waals surface area contributed by atoms with Crippen LogP contribution >= 0.6 is 0 Å². The predicted molar refractivity (Wildman–Crippen MR) is 68.6 cm³/mol. The standard InChI is InChI=1S/C13H10N4O4/c1-16-6-14-10(15-16)5-17-11(18)8-3-2-7(13(20)21)4-9(8)12(17)19/h2-4,6H,5H2,1H3,(H,20,21). The number of carbonyl (C=O) groups excluding carboxylic acids is 2. The molecule has 0 unspecified atom stereocenters. The van der Waals surface area contributed by atoms with Gasteiger partial charge in [-0.3, -0.25) is 19.2 Å². The number of aromatic nitrogens is 3. The summed E-state index contributed by atoms with van der Waals surface area (Å²) in [6.45, 7) is -0.0460. The Balaban J connectivity index is 1.94. The molecule has 0 atom stereocenters. The summed E-state index contributed by atoms with van der Waals surface area (Å²) >= 11 is 0. The third kappa shape index (κ3) is 2.06. The van der Waals surface area contributed by atoms with E-state index in [1.807, 2.05) is 0 Å². The van der Waals surface area contributed by atoms with E-state index < -0.39 is 17.8 Å². The van der Waals surface area contributed by atoms with E-state index in [0.29, 0.717) is 5.82 Å². The van der Waals surface area contributed by atoms with Gasteiger partial charge in [0.05, 0.1) is 23.2 Å². The number of imide groups is 1. The van der Waals surface area contributed by atoms with Crippen LogP contribution in [-0.4, -0.2) is 42.6 Å². The van der Waals surface area contributed by atoms with E-state index in [-0.39, 0.29) is 23.2 Å². The molecule has 0 spiro atoms. The number of carboxylic acid groups (broad SMARTS) is 1. The van der Waals surface area contributed by atoms with Crippen molar-refractivity contribution in [3.05, 3.63) is 47.0 Å². The molecular weight excluding hydrogens is 276 g/mol. The Kier molecular flexibility index (Phi) is 2.79. The molecule has 0 saturated heterocycles. The van der Waals surface area contributed by atoms with E-state index in [9.17, 15) is 14.4 Å². The average Bonchev–Trinajstić information content (AvgIpc) is 2.96. The van der Waals surface area contributed by atoms with Crippen molar-refractivity contribution >= 4 is 17.8 Å². The molecule has 3 rings (SSSR count). The zero-order valence-corrected chi connectivity index (χ0v) is 11.0. The zero-order chi connectivity index (χ0) is 15.1. The maximum atomic E-state index is 12.2. The summed E-state index contributed by atoms with van der Waals surface area (Å²) in [7, 11) is 1.68. The van der Waals surface area contributed by atoms with Gasteiger partial charge in [0.1, 0.15) is 6.33 Å². The van der Waals surface area contributed by atoms with Gasteiger partial charge in [-0.15, -0.1) is 0 Å². The van der Waals surface area contributed by atoms with Crippen LogP contribution in [0.3, 0.4) is 0 Å². The van der Waals surface area contributed by atoms with Crippen molar-refractivity contribution in [3.63, 3.8) is 0 Å². The summed E-state index contributed by atoms with van der Waals surface area (Å²) < 4.78 is 1.47. The first-order valence-electron chi connectivity index (χ1n) is 6.05. The van der Waals surface area contributed by atoms with Crippen molar-refractivity contribution in [2.24, 2.45) is 7.05 Å². The summed E-state index contributed by atoms with van der Waals surface area (Å²) in [6.07, 6.45) is 1.47. The average molecular weight is 286 g/mol. The molecule has 8 heteroatoms. The summed E-state index contributed by atoms with van der Waals surface area (Å²) in [5.41, 5.74) is 0.254. The molecule has 1 aliphatic rings. The number of amides is 2. The topological polar surface area (TPSA) is 105 Å². The molecule has 0 bridgehead atoms. The van der Waals surface area contributed by atoms with Crippen LogP contribution in [0.25, 0.3) is 0 Å². The van der Waals surface area contributed by atoms with Gasteiger partial charge >= 0.3 is 5.97 Å². The molecule has 0 saturated carbocycles. The molecule has 1 aromatic carbocycles. The molecule has 21 heavy (non-hydrogen) atoms. The number of benzene rings is 1. The van der Waals surface area contributed by atoms with Crippen molar-refractivity contribution < 1.29 is 19.5 Å². The van der Waals surface area contributed by atoms with Gasteiger partial charge in [-0.25, -0.2) is 9.78 Å². The van der Waals surface area contributed by atoms with E-state index in [1.165, 1.54) is 29.2 Å². The van der Waals surface area contributed by atoms with Gasteiger partial charge in [0, 0.05) is 7.05 Å². The van der Waals surface area contributed by atoms with E-state index in [2.05, 4.69) is 10.1 Å². The lowest BCUT2D eigenvalue weighted by molar-refractivity contribution is 0.0637. The molecule has 0 fully saturated rings. The van der Waals surface area contributed by atoms with E-state index >= 15 is 0 Å². The number of aromatic carboxylic acids is 1. The molecule has 1 aromatic heterocycles. The highest BCUT2D eigenvalue weighted by atomic mass is 16.4. The van der Waals surface area contributed by atoms with Crippen LogP contribution in [-0.2, 0) is 13.6 Å². The summed E-state index contributed by atoms with van der Waals surface area (Å²) in [5, 5.41) is 13.0. The van der Waals surface area contributed by atoms with Gasteiger partial charge in [-0.05, 0) is 18.2 Å². The Morgan fingerprint density at radius 2 is 1.95 bits per heavy atom. The highest BCUT2D eigenvalue weighted by Crippen LogP contribution is 2.25. The second-order valence-corrected chi connectivity index (χ2v) is 4.60. The van der Waals surface area contributed by atoms with Crippen LogP contribution < -0.4 is 0 Å². The number of rotatable bonds is 3. The Hall–Kier alpha value is -3.03. The Bertz CT molecular complexity index is 780. The Morgan fingerprint density at radius 1 is 1.24 bits per heavy atom. The number of aryl methyl sites for hydroxylation is 1. The molecule has 2 heterocycles. The van der Waals surface area contributed by atoms with Crippen LogP contribution in [0.5, 0.6) is 0 Å². The number of carbonyl (C=O) groups is 3. The van der Waals surface area contributed by atoms with Crippen LogP contribution in [0.2, 0.25) is 0 Å². The minimum atomic E-state index is -1.15. The molecule has 106 valence electrons. The highest BCUT2D eigenvalue weighted by Gasteiger charge is 2.36. The molecule has 0 radical (unpaired) electrons. The van der Waals surface area contributed by atoms with Crippen molar-refractivity contribution in [2.45, 2.75) is 6.54 Å². The van der Waals surface area contributed by atoms with Crippen molar-refractivity contribution in [3.8, 4) is 0 Å². The number of hydrogen-bond donors (Lipinski definition) is 1. The molecule has 1 N–H and O–H groups in total. The Labute approximate surface area is 118 Å². The summed E-state index contributed by atoms with van der Waals surface area (Å²) in [5.74, 6) is -1.82. The normalized spacial score (nSPS) is 13.7. The molecule has 2 aromatic rings. The fourth-order valence-electron chi connectivity index (χ4n) is 2.17. The molecule has 2 amide bonds. The largest absolute Gasteiger partial charge is 0.478 e. The lowest BCUT2D eigenvalue weighted by atomic mass is 10.1. The maximum Gasteiger partial charge on any atom is 0.335 e. The fraction of sp³-hybridized carbons (Fsp3) is 0.154. The van der Waals surface area contributed by atoms with Gasteiger partial charge in [0.15, 0.2) is 5.82 Å². The highest BCUT2D eigenvalue weighted by molar-refractivity contribution is 6.21. The summed E-state index contributed by atoms with van der Waals surface area (Å²) in [4.78, 5) is 40.3. The quantitative estimate of drug-likeness (QED) is 0.814. The molecule has 0 aliphatic carbocycles. The van der Waals surface area contributed by atoms with Crippen molar-refractivity contribution in [1.29, 1.82) is 0 Å². The number of nitrogens with zero attached hydrogens (tertiary/aromatic N) is 4. The fourth-order valence-corrected chi connectivity index (χ4v) is 2.17. The van der Waals surface area contributed by atoms with E-state index in [4.69, 9.17) is 5.11 Å². The second kappa shape index (κ2) is 4.51. The van der Waals surface area contributed by atoms with Gasteiger partial charge < -0.3 is 5.11 Å². The number of hydrogen-bond acceptors (Lipinski definition) is 5. The van der Waals surface area contributed by atoms with Gasteiger partial charge in [0.2, 0.25) is 0 Å². The van der Waals surface area contributed by atoms with Gasteiger partial charge in [0.25, 0.3) is 11.8 Å². The van der Waals surface area contributed by atoms with Crippen molar-refractivity contribution in [1.82, 2.24) is 19.7 Å². The predicted octanol–water partition coefficient (Wildman–Crippen LogP) is 0.310. The first kappa shape index (κ1) is 13.0. The van der Waals surface area contributed by atoms with Crippen molar-refractivity contribution in [2.75, 3.05) is 0 Å². The van der Waals surface area contributed by atoms with Gasteiger partial charge in [-0.1, -0.05) is 0 Å². The zero-order valence-electron chi connectivity index (χ0n) is 11.0. The lowest BCUT2D eigenvalue weighted by Gasteiger charge is -2.10. The second-order valence-electron chi connectivity index (χ2n) is 4.60.